The number of anilines is 1. The zero-order chi connectivity index (χ0) is 15.2. The molecule has 0 aliphatic rings. The highest BCUT2D eigenvalue weighted by molar-refractivity contribution is 5.92. The fourth-order valence-electron chi connectivity index (χ4n) is 1.31. The fourth-order valence-corrected chi connectivity index (χ4v) is 1.31. The Morgan fingerprint density at radius 2 is 2.15 bits per heavy atom. The van der Waals surface area contributed by atoms with Crippen LogP contribution in [0.5, 0.6) is 5.75 Å². The number of hydrogen-bond donors (Lipinski definition) is 1. The molecule has 1 aromatic rings. The number of hydrogen-bond acceptors (Lipinski definition) is 4. The maximum Gasteiger partial charge on any atom is 0.422 e. The minimum absolute atomic E-state index is 0.107. The third-order valence-corrected chi connectivity index (χ3v) is 2.05. The largest absolute Gasteiger partial charge is 0.483 e. The number of carbonyl (C=O) groups excluding carboxylic acids is 1. The average molecular weight is 288 g/mol. The van der Waals surface area contributed by atoms with Crippen molar-refractivity contribution in [1.29, 1.82) is 5.26 Å². The fraction of sp³-hybridized carbons (Fsp3) is 0.333. The Morgan fingerprint density at radius 1 is 1.45 bits per heavy atom. The van der Waals surface area contributed by atoms with Gasteiger partial charge in [-0.1, -0.05) is 0 Å². The zero-order valence-corrected chi connectivity index (χ0v) is 10.5. The molecule has 0 bridgehead atoms. The Hall–Kier alpha value is -2.27. The van der Waals surface area contributed by atoms with Crippen molar-refractivity contribution in [2.24, 2.45) is 0 Å². The number of nitrogens with zero attached hydrogens (tertiary/aromatic N) is 1. The van der Waals surface area contributed by atoms with Gasteiger partial charge < -0.3 is 14.8 Å². The number of nitrogens with one attached hydrogen (secondary N) is 1. The molecule has 0 atom stereocenters. The van der Waals surface area contributed by atoms with Crippen molar-refractivity contribution in [3.63, 3.8) is 0 Å². The molecule has 108 valence electrons. The van der Waals surface area contributed by atoms with Crippen molar-refractivity contribution < 1.29 is 27.4 Å². The van der Waals surface area contributed by atoms with Crippen molar-refractivity contribution in [3.8, 4) is 11.8 Å². The summed E-state index contributed by atoms with van der Waals surface area (Å²) in [4.78, 5) is 11.3. The molecule has 0 fully saturated rings. The normalized spacial score (nSPS) is 10.8. The average Bonchev–Trinajstić information content (AvgIpc) is 2.36. The molecule has 0 spiro atoms. The van der Waals surface area contributed by atoms with Gasteiger partial charge in [-0.15, -0.1) is 0 Å². The van der Waals surface area contributed by atoms with E-state index in [1.54, 1.807) is 6.07 Å². The smallest absolute Gasteiger partial charge is 0.422 e. The molecule has 1 rings (SSSR count). The first-order chi connectivity index (χ1) is 9.35. The van der Waals surface area contributed by atoms with Crippen molar-refractivity contribution in [2.45, 2.75) is 6.18 Å². The van der Waals surface area contributed by atoms with Gasteiger partial charge in [-0.25, -0.2) is 0 Å². The molecule has 0 aliphatic heterocycles. The molecule has 0 aliphatic carbocycles. The number of ether oxygens (including phenoxy) is 2. The van der Waals surface area contributed by atoms with Gasteiger partial charge in [0.2, 0.25) is 5.91 Å². The molecular weight excluding hydrogens is 277 g/mol. The predicted octanol–water partition coefficient (Wildman–Crippen LogP) is 2.08. The highest BCUT2D eigenvalue weighted by atomic mass is 19.4. The van der Waals surface area contributed by atoms with E-state index in [4.69, 9.17) is 5.26 Å². The van der Waals surface area contributed by atoms with Crippen molar-refractivity contribution in [1.82, 2.24) is 0 Å². The first-order valence-electron chi connectivity index (χ1n) is 5.38. The van der Waals surface area contributed by atoms with Gasteiger partial charge in [0.15, 0.2) is 6.61 Å². The SMILES string of the molecule is COCC(=O)Nc1ccc(OCC(F)(F)F)c(C#N)c1. The number of nitriles is 1. The van der Waals surface area contributed by atoms with E-state index < -0.39 is 18.7 Å². The first kappa shape index (κ1) is 15.8. The van der Waals surface area contributed by atoms with E-state index in [1.165, 1.54) is 25.3 Å². The van der Waals surface area contributed by atoms with Crippen LogP contribution in [-0.4, -0.2) is 32.4 Å². The summed E-state index contributed by atoms with van der Waals surface area (Å²) in [6, 6.07) is 5.44. The maximum atomic E-state index is 12.0. The second kappa shape index (κ2) is 6.77. The van der Waals surface area contributed by atoms with Gasteiger partial charge in [0, 0.05) is 12.8 Å². The third kappa shape index (κ3) is 5.16. The summed E-state index contributed by atoms with van der Waals surface area (Å²) in [5, 5.41) is 11.3. The molecule has 0 radical (unpaired) electrons. The molecule has 20 heavy (non-hydrogen) atoms. The van der Waals surface area contributed by atoms with E-state index in [2.05, 4.69) is 14.8 Å². The summed E-state index contributed by atoms with van der Waals surface area (Å²) >= 11 is 0. The Bertz CT molecular complexity index is 524. The Labute approximate surface area is 112 Å². The van der Waals surface area contributed by atoms with Crippen LogP contribution in [-0.2, 0) is 9.53 Å². The van der Waals surface area contributed by atoms with Crippen LogP contribution >= 0.6 is 0 Å². The minimum Gasteiger partial charge on any atom is -0.483 e. The van der Waals surface area contributed by atoms with Crippen LogP contribution in [0.1, 0.15) is 5.56 Å². The summed E-state index contributed by atoms with van der Waals surface area (Å²) < 4.78 is 45.2. The molecule has 1 aromatic carbocycles. The van der Waals surface area contributed by atoms with Crippen LogP contribution in [0, 0.1) is 11.3 Å². The van der Waals surface area contributed by atoms with Gasteiger partial charge in [-0.3, -0.25) is 4.79 Å². The number of alkyl halides is 3. The minimum atomic E-state index is -4.49. The number of carbonyl (C=O) groups is 1. The summed E-state index contributed by atoms with van der Waals surface area (Å²) in [5.74, 6) is -0.644. The highest BCUT2D eigenvalue weighted by Crippen LogP contribution is 2.24. The summed E-state index contributed by atoms with van der Waals surface area (Å²) in [5.41, 5.74) is 0.160. The summed E-state index contributed by atoms with van der Waals surface area (Å²) in [7, 11) is 1.34. The van der Waals surface area contributed by atoms with E-state index in [1.807, 2.05) is 0 Å². The van der Waals surface area contributed by atoms with E-state index in [9.17, 15) is 18.0 Å². The molecule has 0 heterocycles. The molecular formula is C12H11F3N2O3. The highest BCUT2D eigenvalue weighted by Gasteiger charge is 2.28. The molecule has 5 nitrogen and oxygen atoms in total. The van der Waals surface area contributed by atoms with Gasteiger partial charge in [0.25, 0.3) is 0 Å². The lowest BCUT2D eigenvalue weighted by molar-refractivity contribution is -0.153. The zero-order valence-electron chi connectivity index (χ0n) is 10.5. The number of rotatable bonds is 5. The molecule has 1 N–H and O–H groups in total. The number of benzene rings is 1. The Kier molecular flexibility index (Phi) is 5.34. The van der Waals surface area contributed by atoms with Gasteiger partial charge in [0.1, 0.15) is 18.4 Å². The van der Waals surface area contributed by atoms with Crippen LogP contribution in [0.4, 0.5) is 18.9 Å². The van der Waals surface area contributed by atoms with Crippen LogP contribution in [0.15, 0.2) is 18.2 Å². The van der Waals surface area contributed by atoms with Gasteiger partial charge >= 0.3 is 6.18 Å². The van der Waals surface area contributed by atoms with E-state index in [0.717, 1.165) is 0 Å². The first-order valence-corrected chi connectivity index (χ1v) is 5.38. The number of halogens is 3. The Balaban J connectivity index is 2.81. The molecule has 0 saturated carbocycles. The van der Waals surface area contributed by atoms with E-state index in [-0.39, 0.29) is 23.6 Å². The Morgan fingerprint density at radius 3 is 2.70 bits per heavy atom. The summed E-state index contributed by atoms with van der Waals surface area (Å²) in [6.45, 7) is -1.66. The van der Waals surface area contributed by atoms with Gasteiger partial charge in [-0.2, -0.15) is 18.4 Å². The second-order valence-electron chi connectivity index (χ2n) is 3.71. The van der Waals surface area contributed by atoms with Crippen molar-refractivity contribution in [2.75, 3.05) is 25.6 Å². The molecule has 0 aromatic heterocycles. The lowest BCUT2D eigenvalue weighted by Gasteiger charge is -2.11. The molecule has 8 heteroatoms. The monoisotopic (exact) mass is 288 g/mol. The topological polar surface area (TPSA) is 71.3 Å². The standard InChI is InChI=1S/C12H11F3N2O3/c1-19-6-11(18)17-9-2-3-10(8(4-9)5-16)20-7-12(13,14)15/h2-4H,6-7H2,1H3,(H,17,18). The number of methoxy groups -OCH3 is 1. The lowest BCUT2D eigenvalue weighted by Crippen LogP contribution is -2.20. The van der Waals surface area contributed by atoms with Crippen molar-refractivity contribution in [3.05, 3.63) is 23.8 Å². The summed E-state index contributed by atoms with van der Waals surface area (Å²) in [6.07, 6.45) is -4.49. The van der Waals surface area contributed by atoms with Crippen LogP contribution in [0.25, 0.3) is 0 Å². The van der Waals surface area contributed by atoms with Gasteiger partial charge in [0.05, 0.1) is 5.56 Å². The van der Waals surface area contributed by atoms with Crippen molar-refractivity contribution >= 4 is 11.6 Å². The molecule has 0 unspecified atom stereocenters. The maximum absolute atomic E-state index is 12.0. The van der Waals surface area contributed by atoms with Crippen LogP contribution in [0.2, 0.25) is 0 Å². The van der Waals surface area contributed by atoms with E-state index >= 15 is 0 Å². The number of amides is 1. The predicted molar refractivity (Wildman–Crippen MR) is 63.2 cm³/mol. The van der Waals surface area contributed by atoms with E-state index in [0.29, 0.717) is 0 Å². The lowest BCUT2D eigenvalue weighted by atomic mass is 10.2. The van der Waals surface area contributed by atoms with Crippen LogP contribution < -0.4 is 10.1 Å². The second-order valence-corrected chi connectivity index (χ2v) is 3.71. The van der Waals surface area contributed by atoms with Crippen LogP contribution in [0.3, 0.4) is 0 Å². The quantitative estimate of drug-likeness (QED) is 0.900. The molecule has 1 amide bonds. The third-order valence-electron chi connectivity index (χ3n) is 2.05. The van der Waals surface area contributed by atoms with Gasteiger partial charge in [-0.05, 0) is 18.2 Å². The molecule has 0 saturated heterocycles.